The van der Waals surface area contributed by atoms with Crippen molar-refractivity contribution >= 4 is 17.4 Å². The molecule has 3 rings (SSSR count). The first-order valence-corrected chi connectivity index (χ1v) is 7.72. The van der Waals surface area contributed by atoms with E-state index in [9.17, 15) is 18.0 Å². The monoisotopic (exact) mass is 335 g/mol. The van der Waals surface area contributed by atoms with E-state index in [1.807, 2.05) is 0 Å². The molecule has 1 aliphatic rings. The fourth-order valence-electron chi connectivity index (χ4n) is 2.67. The van der Waals surface area contributed by atoms with Gasteiger partial charge in [0.15, 0.2) is 17.5 Å². The molecule has 1 N–H and O–H groups in total. The van der Waals surface area contributed by atoms with E-state index in [4.69, 9.17) is 0 Å². The van der Waals surface area contributed by atoms with Crippen molar-refractivity contribution in [2.75, 3.05) is 23.3 Å². The molecule has 4 nitrogen and oxygen atoms in total. The van der Waals surface area contributed by atoms with Crippen LogP contribution in [0.15, 0.2) is 30.5 Å². The van der Waals surface area contributed by atoms with Gasteiger partial charge in [0, 0.05) is 13.1 Å². The third-order valence-electron chi connectivity index (χ3n) is 3.97. The van der Waals surface area contributed by atoms with Gasteiger partial charge in [-0.05, 0) is 43.5 Å². The van der Waals surface area contributed by atoms with Crippen LogP contribution in [0, 0.1) is 17.5 Å². The first kappa shape index (κ1) is 16.3. The van der Waals surface area contributed by atoms with Gasteiger partial charge in [0.05, 0.1) is 17.4 Å². The highest BCUT2D eigenvalue weighted by atomic mass is 19.2. The minimum absolute atomic E-state index is 0.352. The number of nitrogens with zero attached hydrogens (tertiary/aromatic N) is 2. The summed E-state index contributed by atoms with van der Waals surface area (Å²) in [5, 5.41) is 2.43. The molecule has 0 spiro atoms. The Hall–Kier alpha value is -2.57. The van der Waals surface area contributed by atoms with E-state index in [1.165, 1.54) is 12.6 Å². The van der Waals surface area contributed by atoms with Crippen LogP contribution in [0.4, 0.5) is 24.7 Å². The summed E-state index contributed by atoms with van der Waals surface area (Å²) < 4.78 is 39.7. The maximum atomic E-state index is 13.6. The van der Waals surface area contributed by atoms with E-state index in [0.29, 0.717) is 11.8 Å². The summed E-state index contributed by atoms with van der Waals surface area (Å²) in [5.74, 6) is -4.56. The number of pyridine rings is 1. The lowest BCUT2D eigenvalue weighted by atomic mass is 10.1. The molecule has 2 heterocycles. The van der Waals surface area contributed by atoms with Crippen LogP contribution in [0.25, 0.3) is 0 Å². The lowest BCUT2D eigenvalue weighted by Gasteiger charge is -2.27. The molecule has 1 fully saturated rings. The Morgan fingerprint density at radius 1 is 1.00 bits per heavy atom. The molecule has 0 atom stereocenters. The number of carbonyl (C=O) groups is 1. The molecule has 0 aliphatic carbocycles. The van der Waals surface area contributed by atoms with Crippen LogP contribution in [0.3, 0.4) is 0 Å². The van der Waals surface area contributed by atoms with Gasteiger partial charge in [0.1, 0.15) is 5.82 Å². The van der Waals surface area contributed by atoms with Gasteiger partial charge in [-0.25, -0.2) is 18.2 Å². The number of halogens is 3. The molecule has 0 saturated carbocycles. The van der Waals surface area contributed by atoms with Gasteiger partial charge in [0.25, 0.3) is 5.91 Å². The highest BCUT2D eigenvalue weighted by molar-refractivity contribution is 6.04. The SMILES string of the molecule is O=C(Nc1ccc(N2CCCCC2)nc1)c1ccc(F)c(F)c1F. The van der Waals surface area contributed by atoms with E-state index >= 15 is 0 Å². The third kappa shape index (κ3) is 3.34. The largest absolute Gasteiger partial charge is 0.357 e. The minimum Gasteiger partial charge on any atom is -0.357 e. The second-order valence-corrected chi connectivity index (χ2v) is 5.63. The highest BCUT2D eigenvalue weighted by Gasteiger charge is 2.19. The normalized spacial score (nSPS) is 14.5. The summed E-state index contributed by atoms with van der Waals surface area (Å²) >= 11 is 0. The van der Waals surface area contributed by atoms with Gasteiger partial charge in [-0.2, -0.15) is 0 Å². The molecule has 0 bridgehead atoms. The lowest BCUT2D eigenvalue weighted by Crippen LogP contribution is -2.30. The second-order valence-electron chi connectivity index (χ2n) is 5.63. The third-order valence-corrected chi connectivity index (χ3v) is 3.97. The van der Waals surface area contributed by atoms with E-state index in [-0.39, 0.29) is 0 Å². The average Bonchev–Trinajstić information content (AvgIpc) is 2.61. The number of piperidine rings is 1. The molecular weight excluding hydrogens is 319 g/mol. The number of rotatable bonds is 3. The average molecular weight is 335 g/mol. The maximum absolute atomic E-state index is 13.6. The fraction of sp³-hybridized carbons (Fsp3) is 0.294. The molecule has 0 radical (unpaired) electrons. The number of benzene rings is 1. The Kier molecular flexibility index (Phi) is 4.69. The lowest BCUT2D eigenvalue weighted by molar-refractivity contribution is 0.102. The van der Waals surface area contributed by atoms with Gasteiger partial charge in [-0.1, -0.05) is 0 Å². The van der Waals surface area contributed by atoms with E-state index in [2.05, 4.69) is 15.2 Å². The maximum Gasteiger partial charge on any atom is 0.258 e. The van der Waals surface area contributed by atoms with Crippen LogP contribution in [0.2, 0.25) is 0 Å². The van der Waals surface area contributed by atoms with Crippen molar-refractivity contribution in [3.05, 3.63) is 53.5 Å². The van der Waals surface area contributed by atoms with Gasteiger partial charge in [0.2, 0.25) is 0 Å². The van der Waals surface area contributed by atoms with Crippen LogP contribution in [-0.2, 0) is 0 Å². The minimum atomic E-state index is -1.67. The molecule has 1 amide bonds. The molecule has 7 heteroatoms. The Balaban J connectivity index is 1.72. The van der Waals surface area contributed by atoms with E-state index in [1.54, 1.807) is 12.1 Å². The van der Waals surface area contributed by atoms with Gasteiger partial charge < -0.3 is 10.2 Å². The first-order chi connectivity index (χ1) is 11.6. The zero-order chi connectivity index (χ0) is 17.1. The van der Waals surface area contributed by atoms with Crippen molar-refractivity contribution in [1.82, 2.24) is 4.98 Å². The number of hydrogen-bond acceptors (Lipinski definition) is 3. The molecule has 1 aromatic carbocycles. The number of anilines is 2. The van der Waals surface area contributed by atoms with Crippen LogP contribution in [0.1, 0.15) is 29.6 Å². The van der Waals surface area contributed by atoms with E-state index in [0.717, 1.165) is 37.8 Å². The number of carbonyl (C=O) groups excluding carboxylic acids is 1. The van der Waals surface area contributed by atoms with Crippen LogP contribution in [0.5, 0.6) is 0 Å². The summed E-state index contributed by atoms with van der Waals surface area (Å²) in [7, 11) is 0. The van der Waals surface area contributed by atoms with Crippen LogP contribution in [-0.4, -0.2) is 24.0 Å². The molecule has 24 heavy (non-hydrogen) atoms. The fourth-order valence-corrected chi connectivity index (χ4v) is 2.67. The highest BCUT2D eigenvalue weighted by Crippen LogP contribution is 2.20. The summed E-state index contributed by atoms with van der Waals surface area (Å²) in [5.41, 5.74) is -0.209. The number of nitrogens with one attached hydrogen (secondary N) is 1. The van der Waals surface area contributed by atoms with Gasteiger partial charge >= 0.3 is 0 Å². The summed E-state index contributed by atoms with van der Waals surface area (Å²) in [6.07, 6.45) is 4.91. The molecular formula is C17H16F3N3O. The summed E-state index contributed by atoms with van der Waals surface area (Å²) in [6.45, 7) is 1.89. The van der Waals surface area contributed by atoms with Crippen molar-refractivity contribution in [1.29, 1.82) is 0 Å². The Labute approximate surface area is 137 Å². The van der Waals surface area contributed by atoms with Crippen LogP contribution >= 0.6 is 0 Å². The number of hydrogen-bond donors (Lipinski definition) is 1. The second kappa shape index (κ2) is 6.90. The zero-order valence-corrected chi connectivity index (χ0v) is 12.9. The predicted molar refractivity (Wildman–Crippen MR) is 84.6 cm³/mol. The number of amides is 1. The molecule has 1 aromatic heterocycles. The van der Waals surface area contributed by atoms with Crippen LogP contribution < -0.4 is 10.2 Å². The Bertz CT molecular complexity index is 743. The predicted octanol–water partition coefficient (Wildman–Crippen LogP) is 3.74. The molecule has 1 saturated heterocycles. The van der Waals surface area contributed by atoms with Crippen molar-refractivity contribution in [2.45, 2.75) is 19.3 Å². The summed E-state index contributed by atoms with van der Waals surface area (Å²) in [6, 6.07) is 5.03. The van der Waals surface area contributed by atoms with Crippen molar-refractivity contribution in [3.63, 3.8) is 0 Å². The summed E-state index contributed by atoms with van der Waals surface area (Å²) in [4.78, 5) is 18.5. The van der Waals surface area contributed by atoms with Crippen molar-refractivity contribution < 1.29 is 18.0 Å². The van der Waals surface area contributed by atoms with Crippen molar-refractivity contribution in [3.8, 4) is 0 Å². The Morgan fingerprint density at radius 3 is 2.42 bits per heavy atom. The standard InChI is InChI=1S/C17H16F3N3O/c18-13-6-5-12(15(19)16(13)20)17(24)22-11-4-7-14(21-10-11)23-8-2-1-3-9-23/h4-7,10H,1-3,8-9H2,(H,22,24). The quantitative estimate of drug-likeness (QED) is 0.869. The Morgan fingerprint density at radius 2 is 1.75 bits per heavy atom. The van der Waals surface area contributed by atoms with Crippen molar-refractivity contribution in [2.24, 2.45) is 0 Å². The first-order valence-electron chi connectivity index (χ1n) is 7.72. The van der Waals surface area contributed by atoms with Gasteiger partial charge in [-0.15, -0.1) is 0 Å². The smallest absolute Gasteiger partial charge is 0.258 e. The zero-order valence-electron chi connectivity index (χ0n) is 12.9. The topological polar surface area (TPSA) is 45.2 Å². The molecule has 0 unspecified atom stereocenters. The molecule has 2 aromatic rings. The number of aromatic nitrogens is 1. The van der Waals surface area contributed by atoms with Gasteiger partial charge in [-0.3, -0.25) is 4.79 Å². The van der Waals surface area contributed by atoms with E-state index < -0.39 is 28.9 Å². The molecule has 126 valence electrons. The molecule has 1 aliphatic heterocycles.